The SMILES string of the molecule is CC1C(O)c2ccccc2OC1N1CCOCC1. The topological polar surface area (TPSA) is 41.9 Å². The van der Waals surface area contributed by atoms with Crippen molar-refractivity contribution in [1.29, 1.82) is 0 Å². The third-order valence-electron chi connectivity index (χ3n) is 3.84. The van der Waals surface area contributed by atoms with Crippen LogP contribution >= 0.6 is 0 Å². The molecular formula is C14H19NO3. The normalized spacial score (nSPS) is 32.7. The second-order valence-corrected chi connectivity index (χ2v) is 5.00. The lowest BCUT2D eigenvalue weighted by molar-refractivity contribution is -0.106. The van der Waals surface area contributed by atoms with Crippen LogP contribution in [0.25, 0.3) is 0 Å². The molecule has 4 heteroatoms. The number of nitrogens with zero attached hydrogens (tertiary/aromatic N) is 1. The molecule has 3 unspecified atom stereocenters. The van der Waals surface area contributed by atoms with Gasteiger partial charge < -0.3 is 14.6 Å². The van der Waals surface area contributed by atoms with Crippen LogP contribution < -0.4 is 4.74 Å². The highest BCUT2D eigenvalue weighted by Crippen LogP contribution is 2.39. The van der Waals surface area contributed by atoms with Gasteiger partial charge in [0.1, 0.15) is 5.75 Å². The third kappa shape index (κ3) is 2.00. The highest BCUT2D eigenvalue weighted by atomic mass is 16.5. The van der Waals surface area contributed by atoms with E-state index in [-0.39, 0.29) is 12.1 Å². The van der Waals surface area contributed by atoms with Gasteiger partial charge in [-0.3, -0.25) is 4.90 Å². The first-order valence-corrected chi connectivity index (χ1v) is 6.53. The molecule has 1 fully saturated rings. The lowest BCUT2D eigenvalue weighted by Crippen LogP contribution is -2.52. The quantitative estimate of drug-likeness (QED) is 0.817. The highest BCUT2D eigenvalue weighted by molar-refractivity contribution is 5.37. The average molecular weight is 249 g/mol. The lowest BCUT2D eigenvalue weighted by Gasteiger charge is -2.42. The molecule has 4 nitrogen and oxygen atoms in total. The Labute approximate surface area is 107 Å². The maximum absolute atomic E-state index is 10.4. The maximum atomic E-state index is 10.4. The molecule has 0 spiro atoms. The molecule has 1 saturated heterocycles. The fraction of sp³-hybridized carbons (Fsp3) is 0.571. The van der Waals surface area contributed by atoms with Crippen LogP contribution in [0.3, 0.4) is 0 Å². The summed E-state index contributed by atoms with van der Waals surface area (Å²) in [6.45, 7) is 5.25. The van der Waals surface area contributed by atoms with Crippen LogP contribution in [0.1, 0.15) is 18.6 Å². The molecule has 2 aliphatic rings. The largest absolute Gasteiger partial charge is 0.474 e. The summed E-state index contributed by atoms with van der Waals surface area (Å²) in [4.78, 5) is 2.26. The molecule has 1 N–H and O–H groups in total. The number of fused-ring (bicyclic) bond motifs is 1. The Morgan fingerprint density at radius 3 is 2.72 bits per heavy atom. The minimum atomic E-state index is -0.456. The van der Waals surface area contributed by atoms with Crippen molar-refractivity contribution in [3.05, 3.63) is 29.8 Å². The van der Waals surface area contributed by atoms with Crippen molar-refractivity contribution in [2.45, 2.75) is 19.3 Å². The molecule has 2 heterocycles. The number of para-hydroxylation sites is 1. The van der Waals surface area contributed by atoms with Gasteiger partial charge in [-0.2, -0.15) is 0 Å². The summed E-state index contributed by atoms with van der Waals surface area (Å²) < 4.78 is 11.4. The van der Waals surface area contributed by atoms with Crippen molar-refractivity contribution in [1.82, 2.24) is 4.90 Å². The molecule has 0 aliphatic carbocycles. The Kier molecular flexibility index (Phi) is 3.24. The van der Waals surface area contributed by atoms with Crippen LogP contribution in [0, 0.1) is 5.92 Å². The van der Waals surface area contributed by atoms with Gasteiger partial charge in [-0.25, -0.2) is 0 Å². The summed E-state index contributed by atoms with van der Waals surface area (Å²) in [7, 11) is 0. The standard InChI is InChI=1S/C14H19NO3/c1-10-13(16)11-4-2-3-5-12(11)18-14(10)15-6-8-17-9-7-15/h2-5,10,13-14,16H,6-9H2,1H3. The summed E-state index contributed by atoms with van der Waals surface area (Å²) in [5.41, 5.74) is 0.898. The van der Waals surface area contributed by atoms with Gasteiger partial charge in [-0.05, 0) is 6.07 Å². The molecule has 0 aromatic heterocycles. The summed E-state index contributed by atoms with van der Waals surface area (Å²) in [5, 5.41) is 10.4. The van der Waals surface area contributed by atoms with Crippen LogP contribution in [0.4, 0.5) is 0 Å². The van der Waals surface area contributed by atoms with E-state index >= 15 is 0 Å². The third-order valence-corrected chi connectivity index (χ3v) is 3.84. The zero-order valence-corrected chi connectivity index (χ0v) is 10.6. The number of hydrogen-bond donors (Lipinski definition) is 1. The van der Waals surface area contributed by atoms with E-state index in [2.05, 4.69) is 4.90 Å². The molecule has 18 heavy (non-hydrogen) atoms. The monoisotopic (exact) mass is 249 g/mol. The second kappa shape index (κ2) is 4.88. The van der Waals surface area contributed by atoms with Gasteiger partial charge in [0, 0.05) is 24.6 Å². The van der Waals surface area contributed by atoms with E-state index in [1.165, 1.54) is 0 Å². The fourth-order valence-electron chi connectivity index (χ4n) is 2.75. The van der Waals surface area contributed by atoms with Crippen molar-refractivity contribution in [3.8, 4) is 5.75 Å². The number of ether oxygens (including phenoxy) is 2. The van der Waals surface area contributed by atoms with Gasteiger partial charge in [0.05, 0.1) is 19.3 Å². The maximum Gasteiger partial charge on any atom is 0.158 e. The van der Waals surface area contributed by atoms with Crippen molar-refractivity contribution >= 4 is 0 Å². The second-order valence-electron chi connectivity index (χ2n) is 5.00. The molecule has 0 bridgehead atoms. The molecule has 2 aliphatic heterocycles. The highest BCUT2D eigenvalue weighted by Gasteiger charge is 2.37. The number of benzene rings is 1. The minimum Gasteiger partial charge on any atom is -0.474 e. The smallest absolute Gasteiger partial charge is 0.158 e. The van der Waals surface area contributed by atoms with E-state index in [0.717, 1.165) is 37.6 Å². The number of hydrogen-bond acceptors (Lipinski definition) is 4. The summed E-state index contributed by atoms with van der Waals surface area (Å²) in [6, 6.07) is 7.75. The number of rotatable bonds is 1. The Morgan fingerprint density at radius 1 is 1.22 bits per heavy atom. The Morgan fingerprint density at radius 2 is 1.94 bits per heavy atom. The summed E-state index contributed by atoms with van der Waals surface area (Å²) in [5.74, 6) is 0.873. The molecular weight excluding hydrogens is 230 g/mol. The van der Waals surface area contributed by atoms with Gasteiger partial charge in [0.25, 0.3) is 0 Å². The van der Waals surface area contributed by atoms with E-state index in [1.54, 1.807) is 0 Å². The first-order valence-electron chi connectivity index (χ1n) is 6.53. The lowest BCUT2D eigenvalue weighted by atomic mass is 9.91. The molecule has 0 amide bonds. The van der Waals surface area contributed by atoms with Gasteiger partial charge >= 0.3 is 0 Å². The Balaban J connectivity index is 1.85. The van der Waals surface area contributed by atoms with Crippen molar-refractivity contribution in [2.24, 2.45) is 5.92 Å². The van der Waals surface area contributed by atoms with Crippen molar-refractivity contribution < 1.29 is 14.6 Å². The first-order chi connectivity index (χ1) is 8.77. The number of aliphatic hydroxyl groups is 1. The molecule has 98 valence electrons. The fourth-order valence-corrected chi connectivity index (χ4v) is 2.75. The van der Waals surface area contributed by atoms with E-state index in [9.17, 15) is 5.11 Å². The molecule has 0 saturated carbocycles. The molecule has 3 rings (SSSR count). The van der Waals surface area contributed by atoms with Crippen LogP contribution in [-0.4, -0.2) is 42.5 Å². The van der Waals surface area contributed by atoms with Gasteiger partial charge in [0.2, 0.25) is 0 Å². The van der Waals surface area contributed by atoms with Crippen molar-refractivity contribution in [2.75, 3.05) is 26.3 Å². The average Bonchev–Trinajstić information content (AvgIpc) is 2.44. The summed E-state index contributed by atoms with van der Waals surface area (Å²) in [6.07, 6.45) is -0.512. The van der Waals surface area contributed by atoms with Crippen LogP contribution in [-0.2, 0) is 4.74 Å². The number of aliphatic hydroxyl groups excluding tert-OH is 1. The Bertz CT molecular complexity index is 417. The van der Waals surface area contributed by atoms with Gasteiger partial charge in [-0.15, -0.1) is 0 Å². The van der Waals surface area contributed by atoms with E-state index in [1.807, 2.05) is 31.2 Å². The minimum absolute atomic E-state index is 0.0567. The van der Waals surface area contributed by atoms with Crippen LogP contribution in [0.5, 0.6) is 5.75 Å². The molecule has 3 atom stereocenters. The molecule has 1 aromatic rings. The van der Waals surface area contributed by atoms with E-state index in [0.29, 0.717) is 0 Å². The Hall–Kier alpha value is -1.10. The zero-order chi connectivity index (χ0) is 12.5. The molecule has 0 radical (unpaired) electrons. The van der Waals surface area contributed by atoms with E-state index in [4.69, 9.17) is 9.47 Å². The predicted molar refractivity (Wildman–Crippen MR) is 67.4 cm³/mol. The predicted octanol–water partition coefficient (Wildman–Crippen LogP) is 1.41. The zero-order valence-electron chi connectivity index (χ0n) is 10.6. The van der Waals surface area contributed by atoms with Crippen LogP contribution in [0.2, 0.25) is 0 Å². The number of morpholine rings is 1. The van der Waals surface area contributed by atoms with E-state index < -0.39 is 6.10 Å². The van der Waals surface area contributed by atoms with Crippen LogP contribution in [0.15, 0.2) is 24.3 Å². The first kappa shape index (κ1) is 12.0. The molecule has 1 aromatic carbocycles. The summed E-state index contributed by atoms with van der Waals surface area (Å²) >= 11 is 0. The van der Waals surface area contributed by atoms with Gasteiger partial charge in [-0.1, -0.05) is 25.1 Å². The van der Waals surface area contributed by atoms with Crippen molar-refractivity contribution in [3.63, 3.8) is 0 Å². The van der Waals surface area contributed by atoms with Gasteiger partial charge in [0.15, 0.2) is 6.23 Å².